The van der Waals surface area contributed by atoms with Gasteiger partial charge in [0.05, 0.1) is 11.6 Å². The van der Waals surface area contributed by atoms with Gasteiger partial charge in [-0.2, -0.15) is 0 Å². The number of carbonyl (C=O) groups excluding carboxylic acids is 1. The topological polar surface area (TPSA) is 29.1 Å². The normalized spacial score (nSPS) is 12.4. The molecule has 0 aliphatic carbocycles. The van der Waals surface area contributed by atoms with Crippen LogP contribution in [0, 0.1) is 9.49 Å². The Balaban J connectivity index is 2.19. The Bertz CT molecular complexity index is 551. The molecule has 1 N–H and O–H groups in total. The van der Waals surface area contributed by atoms with Crippen molar-refractivity contribution < 1.29 is 4.79 Å². The maximum Gasteiger partial charge on any atom is 0.252 e. The molecular formula is C15H16INOS. The van der Waals surface area contributed by atoms with E-state index in [0.29, 0.717) is 5.92 Å². The number of carbonyl (C=O) groups is 1. The summed E-state index contributed by atoms with van der Waals surface area (Å²) in [5.74, 6) is 0.362. The number of nitrogens with one attached hydrogen (secondary N) is 1. The zero-order valence-electron chi connectivity index (χ0n) is 10.9. The first-order valence-electron chi connectivity index (χ1n) is 6.18. The van der Waals surface area contributed by atoms with Crippen molar-refractivity contribution in [2.24, 2.45) is 5.92 Å². The molecule has 1 amide bonds. The summed E-state index contributed by atoms with van der Waals surface area (Å²) in [4.78, 5) is 13.6. The van der Waals surface area contributed by atoms with Gasteiger partial charge < -0.3 is 5.32 Å². The Morgan fingerprint density at radius 3 is 2.53 bits per heavy atom. The lowest BCUT2D eigenvalue weighted by atomic mass is 10.0. The molecule has 0 unspecified atom stereocenters. The van der Waals surface area contributed by atoms with Gasteiger partial charge in [-0.05, 0) is 52.1 Å². The summed E-state index contributed by atoms with van der Waals surface area (Å²) in [7, 11) is 0. The van der Waals surface area contributed by atoms with Crippen LogP contribution >= 0.6 is 33.9 Å². The minimum atomic E-state index is -0.00269. The minimum Gasteiger partial charge on any atom is -0.344 e. The minimum absolute atomic E-state index is 0.00269. The van der Waals surface area contributed by atoms with E-state index in [9.17, 15) is 4.79 Å². The summed E-state index contributed by atoms with van der Waals surface area (Å²) in [5.41, 5.74) is 0.741. The van der Waals surface area contributed by atoms with Crippen molar-refractivity contribution >= 4 is 39.8 Å². The average Bonchev–Trinajstić information content (AvgIpc) is 2.89. The van der Waals surface area contributed by atoms with Gasteiger partial charge in [0.25, 0.3) is 5.91 Å². The maximum absolute atomic E-state index is 12.4. The number of benzene rings is 1. The predicted octanol–water partition coefficient (Wildman–Crippen LogP) is 4.48. The van der Waals surface area contributed by atoms with Crippen LogP contribution in [0.4, 0.5) is 0 Å². The molecule has 1 heterocycles. The lowest BCUT2D eigenvalue weighted by Gasteiger charge is -2.21. The molecule has 4 heteroatoms. The molecule has 2 nitrogen and oxygen atoms in total. The zero-order chi connectivity index (χ0) is 13.8. The summed E-state index contributed by atoms with van der Waals surface area (Å²) in [6.45, 7) is 4.25. The predicted molar refractivity (Wildman–Crippen MR) is 88.5 cm³/mol. The Morgan fingerprint density at radius 2 is 1.95 bits per heavy atom. The van der Waals surface area contributed by atoms with Crippen molar-refractivity contribution in [1.29, 1.82) is 0 Å². The van der Waals surface area contributed by atoms with Crippen molar-refractivity contribution in [3.05, 3.63) is 55.8 Å². The highest BCUT2D eigenvalue weighted by atomic mass is 127. The second-order valence-electron chi connectivity index (χ2n) is 4.69. The van der Waals surface area contributed by atoms with Gasteiger partial charge in [-0.1, -0.05) is 32.0 Å². The van der Waals surface area contributed by atoms with Gasteiger partial charge >= 0.3 is 0 Å². The van der Waals surface area contributed by atoms with Crippen LogP contribution in [0.25, 0.3) is 0 Å². The molecule has 100 valence electrons. The molecule has 2 aromatic rings. The smallest absolute Gasteiger partial charge is 0.252 e. The maximum atomic E-state index is 12.4. The first-order chi connectivity index (χ1) is 9.09. The lowest BCUT2D eigenvalue weighted by Crippen LogP contribution is -2.31. The fourth-order valence-corrected chi connectivity index (χ4v) is 3.48. The van der Waals surface area contributed by atoms with Gasteiger partial charge in [0.15, 0.2) is 0 Å². The first kappa shape index (κ1) is 14.5. The molecule has 0 saturated heterocycles. The Labute approximate surface area is 131 Å². The molecule has 1 aromatic carbocycles. The molecule has 0 aliphatic heterocycles. The average molecular weight is 385 g/mol. The molecule has 19 heavy (non-hydrogen) atoms. The summed E-state index contributed by atoms with van der Waals surface area (Å²) < 4.78 is 0.978. The quantitative estimate of drug-likeness (QED) is 0.773. The van der Waals surface area contributed by atoms with E-state index in [-0.39, 0.29) is 11.9 Å². The van der Waals surface area contributed by atoms with Crippen molar-refractivity contribution in [3.63, 3.8) is 0 Å². The zero-order valence-corrected chi connectivity index (χ0v) is 13.9. The van der Waals surface area contributed by atoms with E-state index in [1.54, 1.807) is 11.3 Å². The molecule has 0 saturated carbocycles. The largest absolute Gasteiger partial charge is 0.344 e. The van der Waals surface area contributed by atoms with E-state index in [4.69, 9.17) is 0 Å². The van der Waals surface area contributed by atoms with Crippen LogP contribution in [0.5, 0.6) is 0 Å². The first-order valence-corrected chi connectivity index (χ1v) is 8.14. The highest BCUT2D eigenvalue weighted by Crippen LogP contribution is 2.26. The third-order valence-electron chi connectivity index (χ3n) is 2.92. The van der Waals surface area contributed by atoms with Crippen molar-refractivity contribution in [2.45, 2.75) is 19.9 Å². The molecule has 2 rings (SSSR count). The van der Waals surface area contributed by atoms with Crippen LogP contribution in [-0.4, -0.2) is 5.91 Å². The summed E-state index contributed by atoms with van der Waals surface area (Å²) in [5, 5.41) is 5.19. The van der Waals surface area contributed by atoms with Crippen LogP contribution in [-0.2, 0) is 0 Å². The molecule has 1 atom stereocenters. The van der Waals surface area contributed by atoms with Gasteiger partial charge in [0.1, 0.15) is 0 Å². The van der Waals surface area contributed by atoms with Crippen LogP contribution in [0.3, 0.4) is 0 Å². The Morgan fingerprint density at radius 1 is 1.21 bits per heavy atom. The van der Waals surface area contributed by atoms with Gasteiger partial charge in [0, 0.05) is 8.45 Å². The van der Waals surface area contributed by atoms with Crippen molar-refractivity contribution in [2.75, 3.05) is 0 Å². The third-order valence-corrected chi connectivity index (χ3v) is 4.82. The molecule has 1 aromatic heterocycles. The summed E-state index contributed by atoms with van der Waals surface area (Å²) in [6.07, 6.45) is 0. The molecular weight excluding hydrogens is 369 g/mol. The number of rotatable bonds is 4. The van der Waals surface area contributed by atoms with Crippen molar-refractivity contribution in [3.8, 4) is 0 Å². The number of amides is 1. The fourth-order valence-electron chi connectivity index (χ4n) is 1.90. The van der Waals surface area contributed by atoms with Crippen LogP contribution in [0.2, 0.25) is 0 Å². The summed E-state index contributed by atoms with van der Waals surface area (Å²) >= 11 is 3.88. The van der Waals surface area contributed by atoms with E-state index >= 15 is 0 Å². The molecule has 0 radical (unpaired) electrons. The third kappa shape index (κ3) is 3.57. The fraction of sp³-hybridized carbons (Fsp3) is 0.267. The number of thiophene rings is 1. The van der Waals surface area contributed by atoms with E-state index in [1.807, 2.05) is 35.7 Å². The molecule has 0 aliphatic rings. The molecule has 0 bridgehead atoms. The Hall–Kier alpha value is -0.880. The highest BCUT2D eigenvalue weighted by Gasteiger charge is 2.20. The van der Waals surface area contributed by atoms with E-state index in [2.05, 4.69) is 47.8 Å². The number of hydrogen-bond acceptors (Lipinski definition) is 2. The van der Waals surface area contributed by atoms with E-state index < -0.39 is 0 Å². The molecule has 0 fully saturated rings. The van der Waals surface area contributed by atoms with Gasteiger partial charge in [-0.15, -0.1) is 11.3 Å². The van der Waals surface area contributed by atoms with Gasteiger partial charge in [-0.25, -0.2) is 0 Å². The van der Waals surface area contributed by atoms with Crippen molar-refractivity contribution in [1.82, 2.24) is 5.32 Å². The standard InChI is InChI=1S/C15H16INOS/c1-10(2)14(13-8-5-9-19-13)17-15(18)11-6-3-4-7-12(11)16/h3-10,14H,1-2H3,(H,17,18)/t14-/m1/s1. The highest BCUT2D eigenvalue weighted by molar-refractivity contribution is 14.1. The van der Waals surface area contributed by atoms with E-state index in [1.165, 1.54) is 4.88 Å². The lowest BCUT2D eigenvalue weighted by molar-refractivity contribution is 0.0925. The Kier molecular flexibility index (Phi) is 4.99. The second kappa shape index (κ2) is 6.52. The number of hydrogen-bond donors (Lipinski definition) is 1. The number of halogens is 1. The second-order valence-corrected chi connectivity index (χ2v) is 6.83. The van der Waals surface area contributed by atoms with Crippen LogP contribution < -0.4 is 5.32 Å². The van der Waals surface area contributed by atoms with E-state index in [0.717, 1.165) is 9.13 Å². The summed E-state index contributed by atoms with van der Waals surface area (Å²) in [6, 6.07) is 11.8. The van der Waals surface area contributed by atoms with Crippen LogP contribution in [0.15, 0.2) is 41.8 Å². The SMILES string of the molecule is CC(C)[C@@H](NC(=O)c1ccccc1I)c1cccs1. The monoisotopic (exact) mass is 385 g/mol. The van der Waals surface area contributed by atoms with Gasteiger partial charge in [-0.3, -0.25) is 4.79 Å². The van der Waals surface area contributed by atoms with Crippen LogP contribution in [0.1, 0.15) is 35.1 Å². The molecule has 0 spiro atoms. The van der Waals surface area contributed by atoms with Gasteiger partial charge in [0.2, 0.25) is 0 Å².